The Bertz CT molecular complexity index is 784. The molecule has 5 rings (SSSR count). The molecular formula is C18H18N2O3S. The number of nitrogens with zero attached hydrogens (tertiary/aromatic N) is 1. The highest BCUT2D eigenvalue weighted by Crippen LogP contribution is 2.54. The number of thiazole rings is 1. The minimum Gasteiger partial charge on any atom is -0.348 e. The van der Waals surface area contributed by atoms with Crippen LogP contribution in [-0.2, 0) is 15.9 Å². The second-order valence-corrected chi connectivity index (χ2v) is 7.62. The molecule has 2 aliphatic carbocycles. The average molecular weight is 342 g/mol. The third-order valence-corrected chi connectivity index (χ3v) is 6.22. The summed E-state index contributed by atoms with van der Waals surface area (Å²) in [5.74, 6) is 1.03. The highest BCUT2D eigenvalue weighted by molar-refractivity contribution is 7.13. The molecule has 1 N–H and O–H groups in total. The molecule has 6 heteroatoms. The smallest absolute Gasteiger partial charge is 0.263 e. The monoisotopic (exact) mass is 342 g/mol. The molecule has 0 unspecified atom stereocenters. The van der Waals surface area contributed by atoms with Gasteiger partial charge in [0, 0.05) is 12.0 Å². The van der Waals surface area contributed by atoms with Crippen LogP contribution in [-0.4, -0.2) is 30.1 Å². The summed E-state index contributed by atoms with van der Waals surface area (Å²) >= 11 is 1.35. The average Bonchev–Trinajstić information content (AvgIpc) is 3.04. The maximum Gasteiger partial charge on any atom is 0.263 e. The highest BCUT2D eigenvalue weighted by Gasteiger charge is 2.53. The van der Waals surface area contributed by atoms with E-state index in [0.717, 1.165) is 17.8 Å². The summed E-state index contributed by atoms with van der Waals surface area (Å²) < 4.78 is 10.9. The van der Waals surface area contributed by atoms with Crippen LogP contribution in [0.1, 0.15) is 44.4 Å². The lowest BCUT2D eigenvalue weighted by molar-refractivity contribution is -0.0442. The molecule has 2 aromatic rings. The van der Waals surface area contributed by atoms with E-state index in [2.05, 4.69) is 34.6 Å². The van der Waals surface area contributed by atoms with Crippen LogP contribution in [0.3, 0.4) is 0 Å². The summed E-state index contributed by atoms with van der Waals surface area (Å²) in [6.07, 6.45) is 3.49. The summed E-state index contributed by atoms with van der Waals surface area (Å²) in [5, 5.41) is 3.93. The molecule has 1 aromatic carbocycles. The van der Waals surface area contributed by atoms with Gasteiger partial charge in [0.1, 0.15) is 9.88 Å². The zero-order valence-electron chi connectivity index (χ0n) is 13.1. The largest absolute Gasteiger partial charge is 0.348 e. The van der Waals surface area contributed by atoms with Crippen LogP contribution in [0.4, 0.5) is 0 Å². The molecule has 1 saturated heterocycles. The number of carbonyl (C=O) groups excluding carboxylic acids is 1. The number of hydrogen-bond donors (Lipinski definition) is 1. The zero-order valence-corrected chi connectivity index (χ0v) is 13.9. The lowest BCUT2D eigenvalue weighted by atomic mass is 9.92. The van der Waals surface area contributed by atoms with Crippen LogP contribution < -0.4 is 5.32 Å². The van der Waals surface area contributed by atoms with Crippen molar-refractivity contribution >= 4 is 17.2 Å². The van der Waals surface area contributed by atoms with Crippen LogP contribution in [0.2, 0.25) is 0 Å². The van der Waals surface area contributed by atoms with E-state index in [1.54, 1.807) is 6.20 Å². The van der Waals surface area contributed by atoms with E-state index in [0.29, 0.717) is 29.9 Å². The van der Waals surface area contributed by atoms with Gasteiger partial charge in [-0.1, -0.05) is 24.3 Å². The topological polar surface area (TPSA) is 60.5 Å². The van der Waals surface area contributed by atoms with E-state index in [1.165, 1.54) is 22.5 Å². The molecule has 24 heavy (non-hydrogen) atoms. The summed E-state index contributed by atoms with van der Waals surface area (Å²) in [6, 6.07) is 8.86. The van der Waals surface area contributed by atoms with Crippen molar-refractivity contribution in [2.45, 2.75) is 31.1 Å². The zero-order chi connectivity index (χ0) is 16.1. The van der Waals surface area contributed by atoms with E-state index in [4.69, 9.17) is 9.47 Å². The number of benzene rings is 1. The number of amides is 1. The SMILES string of the molecule is O=C(N[C@@H]1[C@@H]2CCc3ccccc3[C@@H]21)c1cnc(C2OCCO2)s1. The van der Waals surface area contributed by atoms with E-state index in [-0.39, 0.29) is 11.9 Å². The van der Waals surface area contributed by atoms with E-state index in [1.807, 2.05) is 0 Å². The van der Waals surface area contributed by atoms with Gasteiger partial charge in [0.2, 0.25) is 6.29 Å². The first-order valence-corrected chi connectivity index (χ1v) is 9.20. The number of rotatable bonds is 3. The third kappa shape index (κ3) is 2.37. The Morgan fingerprint density at radius 3 is 2.96 bits per heavy atom. The molecule has 0 bridgehead atoms. The molecule has 1 aliphatic heterocycles. The molecule has 2 heterocycles. The normalized spacial score (nSPS) is 28.2. The Labute approximate surface area is 144 Å². The number of fused-ring (bicyclic) bond motifs is 3. The molecule has 2 fully saturated rings. The summed E-state index contributed by atoms with van der Waals surface area (Å²) in [7, 11) is 0. The van der Waals surface area contributed by atoms with Gasteiger partial charge in [-0.05, 0) is 29.9 Å². The predicted octanol–water partition coefficient (Wildman–Crippen LogP) is 2.65. The standard InChI is InChI=1S/C18H18N2O3S/c21-16(13-9-19-17(24-13)18-22-7-8-23-18)20-15-12-6-5-10-3-1-2-4-11(10)14(12)15/h1-4,9,12,14-15,18H,5-8H2,(H,20,21)/t12-,14+,15-/m1/s1. The first-order valence-electron chi connectivity index (χ1n) is 8.39. The fourth-order valence-corrected chi connectivity index (χ4v) is 4.81. The second kappa shape index (κ2) is 5.65. The van der Waals surface area contributed by atoms with Crippen molar-refractivity contribution in [1.29, 1.82) is 0 Å². The molecule has 124 valence electrons. The Hall–Kier alpha value is -1.76. The van der Waals surface area contributed by atoms with Crippen molar-refractivity contribution in [2.24, 2.45) is 5.92 Å². The predicted molar refractivity (Wildman–Crippen MR) is 89.0 cm³/mol. The van der Waals surface area contributed by atoms with Crippen LogP contribution in [0, 0.1) is 5.92 Å². The fraction of sp³-hybridized carbons (Fsp3) is 0.444. The maximum absolute atomic E-state index is 12.6. The van der Waals surface area contributed by atoms with Crippen molar-refractivity contribution in [2.75, 3.05) is 13.2 Å². The van der Waals surface area contributed by atoms with Gasteiger partial charge in [-0.15, -0.1) is 11.3 Å². The van der Waals surface area contributed by atoms with Gasteiger partial charge in [-0.3, -0.25) is 4.79 Å². The van der Waals surface area contributed by atoms with Gasteiger partial charge in [-0.25, -0.2) is 4.98 Å². The molecule has 3 atom stereocenters. The number of aromatic nitrogens is 1. The van der Waals surface area contributed by atoms with Gasteiger partial charge >= 0.3 is 0 Å². The number of hydrogen-bond acceptors (Lipinski definition) is 5. The molecule has 1 aromatic heterocycles. The van der Waals surface area contributed by atoms with Gasteiger partial charge in [0.05, 0.1) is 19.4 Å². The van der Waals surface area contributed by atoms with Crippen molar-refractivity contribution in [3.63, 3.8) is 0 Å². The molecule has 0 radical (unpaired) electrons. The van der Waals surface area contributed by atoms with Gasteiger partial charge in [0.15, 0.2) is 0 Å². The second-order valence-electron chi connectivity index (χ2n) is 6.56. The van der Waals surface area contributed by atoms with Crippen LogP contribution >= 0.6 is 11.3 Å². The van der Waals surface area contributed by atoms with E-state index < -0.39 is 6.29 Å². The summed E-state index contributed by atoms with van der Waals surface area (Å²) in [6.45, 7) is 1.16. The summed E-state index contributed by atoms with van der Waals surface area (Å²) in [5.41, 5.74) is 2.85. The first kappa shape index (κ1) is 14.6. The van der Waals surface area contributed by atoms with Gasteiger partial charge < -0.3 is 14.8 Å². The van der Waals surface area contributed by atoms with Crippen molar-refractivity contribution in [1.82, 2.24) is 10.3 Å². The van der Waals surface area contributed by atoms with Crippen LogP contribution in [0.5, 0.6) is 0 Å². The number of aryl methyl sites for hydroxylation is 1. The van der Waals surface area contributed by atoms with Gasteiger partial charge in [0.25, 0.3) is 5.91 Å². The Kier molecular flexibility index (Phi) is 3.43. The molecule has 1 saturated carbocycles. The third-order valence-electron chi connectivity index (χ3n) is 5.20. The Morgan fingerprint density at radius 2 is 2.08 bits per heavy atom. The number of ether oxygens (including phenoxy) is 2. The Balaban J connectivity index is 1.29. The first-order chi connectivity index (χ1) is 11.8. The number of carbonyl (C=O) groups is 1. The maximum atomic E-state index is 12.6. The Morgan fingerprint density at radius 1 is 1.25 bits per heavy atom. The molecule has 1 amide bonds. The quantitative estimate of drug-likeness (QED) is 0.932. The highest BCUT2D eigenvalue weighted by atomic mass is 32.1. The minimum absolute atomic E-state index is 0.0337. The molecule has 0 spiro atoms. The molecular weight excluding hydrogens is 324 g/mol. The van der Waals surface area contributed by atoms with E-state index in [9.17, 15) is 4.79 Å². The van der Waals surface area contributed by atoms with Crippen LogP contribution in [0.25, 0.3) is 0 Å². The molecule has 3 aliphatic rings. The van der Waals surface area contributed by atoms with Gasteiger partial charge in [-0.2, -0.15) is 0 Å². The minimum atomic E-state index is -0.410. The fourth-order valence-electron chi connectivity index (χ4n) is 3.99. The lowest BCUT2D eigenvalue weighted by Gasteiger charge is -2.13. The van der Waals surface area contributed by atoms with Crippen molar-refractivity contribution in [3.05, 3.63) is 51.5 Å². The lowest BCUT2D eigenvalue weighted by Crippen LogP contribution is -2.26. The van der Waals surface area contributed by atoms with Crippen LogP contribution in [0.15, 0.2) is 30.5 Å². The van der Waals surface area contributed by atoms with E-state index >= 15 is 0 Å². The van der Waals surface area contributed by atoms with Crippen molar-refractivity contribution in [3.8, 4) is 0 Å². The number of nitrogens with one attached hydrogen (secondary N) is 1. The summed E-state index contributed by atoms with van der Waals surface area (Å²) in [4.78, 5) is 17.5. The van der Waals surface area contributed by atoms with Crippen molar-refractivity contribution < 1.29 is 14.3 Å². The molecule has 5 nitrogen and oxygen atoms in total.